The van der Waals surface area contributed by atoms with Crippen molar-refractivity contribution in [2.24, 2.45) is 0 Å². The summed E-state index contributed by atoms with van der Waals surface area (Å²) >= 11 is 0. The molecule has 3 heteroatoms. The normalized spacial score (nSPS) is 19.6. The summed E-state index contributed by atoms with van der Waals surface area (Å²) in [5, 5.41) is 13.4. The van der Waals surface area contributed by atoms with Gasteiger partial charge in [-0.15, -0.1) is 0 Å². The second-order valence-corrected chi connectivity index (χ2v) is 13.3. The summed E-state index contributed by atoms with van der Waals surface area (Å²) in [4.78, 5) is 0. The van der Waals surface area contributed by atoms with Crippen molar-refractivity contribution in [1.29, 1.82) is 0 Å². The Morgan fingerprint density at radius 3 is 1.86 bits per heavy atom. The van der Waals surface area contributed by atoms with E-state index in [2.05, 4.69) is 106 Å². The van der Waals surface area contributed by atoms with Crippen LogP contribution in [0.5, 0.6) is 0 Å². The lowest BCUT2D eigenvalue weighted by Gasteiger charge is -2.47. The number of fused-ring (bicyclic) bond motifs is 1. The second-order valence-electron chi connectivity index (χ2n) is 9.01. The van der Waals surface area contributed by atoms with Crippen LogP contribution in [-0.2, 0) is 10.8 Å². The van der Waals surface area contributed by atoms with Crippen LogP contribution in [0.2, 0.25) is 5.04 Å². The Morgan fingerprint density at radius 1 is 0.793 bits per heavy atom. The van der Waals surface area contributed by atoms with Gasteiger partial charge in [-0.25, -0.2) is 0 Å². The van der Waals surface area contributed by atoms with E-state index in [0.717, 1.165) is 18.4 Å². The summed E-state index contributed by atoms with van der Waals surface area (Å²) in [5.74, 6) is 0. The number of aliphatic hydroxyl groups excluding tert-OH is 1. The van der Waals surface area contributed by atoms with Gasteiger partial charge in [-0.2, -0.15) is 0 Å². The molecule has 0 aromatic heterocycles. The summed E-state index contributed by atoms with van der Waals surface area (Å²) in [6, 6.07) is 29.7. The molecule has 1 aliphatic carbocycles. The molecular weight excluding hydrogens is 372 g/mol. The topological polar surface area (TPSA) is 29.5 Å². The van der Waals surface area contributed by atoms with Gasteiger partial charge in [0.1, 0.15) is 0 Å². The summed E-state index contributed by atoms with van der Waals surface area (Å²) in [6.45, 7) is 6.83. The Morgan fingerprint density at radius 2 is 1.31 bits per heavy atom. The van der Waals surface area contributed by atoms with Crippen molar-refractivity contribution in [3.05, 3.63) is 96.1 Å². The zero-order valence-corrected chi connectivity index (χ0v) is 18.5. The minimum Gasteiger partial charge on any atom is -0.398 e. The van der Waals surface area contributed by atoms with Crippen LogP contribution in [0.4, 0.5) is 0 Å². The van der Waals surface area contributed by atoms with Crippen LogP contribution in [-0.4, -0.2) is 19.5 Å². The van der Waals surface area contributed by atoms with Crippen molar-refractivity contribution >= 4 is 18.7 Å². The minimum absolute atomic E-state index is 0.109. The molecule has 2 nitrogen and oxygen atoms in total. The molecule has 2 atom stereocenters. The Balaban J connectivity index is 1.92. The molecule has 150 valence electrons. The third kappa shape index (κ3) is 3.59. The third-order valence-corrected chi connectivity index (χ3v) is 11.2. The summed E-state index contributed by atoms with van der Waals surface area (Å²) in [7, 11) is -2.71. The lowest BCUT2D eigenvalue weighted by molar-refractivity contribution is 0.0168. The molecule has 4 rings (SSSR count). The zero-order valence-electron chi connectivity index (χ0n) is 17.5. The lowest BCUT2D eigenvalue weighted by Crippen LogP contribution is -2.67. The van der Waals surface area contributed by atoms with E-state index in [0.29, 0.717) is 0 Å². The van der Waals surface area contributed by atoms with E-state index < -0.39 is 14.4 Å². The van der Waals surface area contributed by atoms with E-state index >= 15 is 0 Å². The lowest BCUT2D eigenvalue weighted by atomic mass is 9.88. The van der Waals surface area contributed by atoms with Gasteiger partial charge in [0.05, 0.1) is 12.2 Å². The van der Waals surface area contributed by atoms with Crippen molar-refractivity contribution in [3.8, 4) is 0 Å². The standard InChI is InChI=1S/C26H30O2Si/c1-26(2,3)29(21-13-6-4-7-14-21,22-15-8-5-9-16-22)28-25-23-17-11-10-12-20(23)18-19-24(25)27/h4-17,24-25,27H,18-19H2,1-3H3/t24-,25-/m1/s1. The van der Waals surface area contributed by atoms with Gasteiger partial charge in [0.15, 0.2) is 0 Å². The molecule has 0 heterocycles. The summed E-state index contributed by atoms with van der Waals surface area (Å²) < 4.78 is 7.24. The van der Waals surface area contributed by atoms with Gasteiger partial charge in [-0.1, -0.05) is 106 Å². The van der Waals surface area contributed by atoms with E-state index in [-0.39, 0.29) is 11.1 Å². The maximum absolute atomic E-state index is 11.0. The number of aryl methyl sites for hydroxylation is 1. The fourth-order valence-electron chi connectivity index (χ4n) is 4.73. The van der Waals surface area contributed by atoms with Crippen LogP contribution in [0.15, 0.2) is 84.9 Å². The van der Waals surface area contributed by atoms with Crippen LogP contribution in [0.1, 0.15) is 44.4 Å². The van der Waals surface area contributed by atoms with Crippen LogP contribution in [0, 0.1) is 0 Å². The van der Waals surface area contributed by atoms with Crippen molar-refractivity contribution < 1.29 is 9.53 Å². The number of benzene rings is 3. The fraction of sp³-hybridized carbons (Fsp3) is 0.308. The molecule has 0 fully saturated rings. The predicted molar refractivity (Wildman–Crippen MR) is 122 cm³/mol. The van der Waals surface area contributed by atoms with Gasteiger partial charge in [-0.3, -0.25) is 0 Å². The molecule has 1 aliphatic rings. The summed E-state index contributed by atoms with van der Waals surface area (Å²) in [5.41, 5.74) is 2.43. The first kappa shape index (κ1) is 20.1. The van der Waals surface area contributed by atoms with E-state index in [1.165, 1.54) is 15.9 Å². The van der Waals surface area contributed by atoms with Gasteiger partial charge in [-0.05, 0) is 39.4 Å². The van der Waals surface area contributed by atoms with Crippen molar-refractivity contribution in [1.82, 2.24) is 0 Å². The number of hydrogen-bond donors (Lipinski definition) is 1. The van der Waals surface area contributed by atoms with E-state index in [1.54, 1.807) is 0 Å². The molecule has 0 amide bonds. The molecular formula is C26H30O2Si. The van der Waals surface area contributed by atoms with Gasteiger partial charge in [0.25, 0.3) is 8.32 Å². The van der Waals surface area contributed by atoms with E-state index in [4.69, 9.17) is 4.43 Å². The smallest absolute Gasteiger partial charge is 0.262 e. The van der Waals surface area contributed by atoms with E-state index in [9.17, 15) is 5.11 Å². The van der Waals surface area contributed by atoms with Crippen LogP contribution in [0.3, 0.4) is 0 Å². The number of hydrogen-bond acceptors (Lipinski definition) is 2. The Hall–Kier alpha value is -2.20. The number of aliphatic hydroxyl groups is 1. The molecule has 0 bridgehead atoms. The number of rotatable bonds is 4. The molecule has 0 saturated carbocycles. The van der Waals surface area contributed by atoms with Gasteiger partial charge < -0.3 is 9.53 Å². The highest BCUT2D eigenvalue weighted by Gasteiger charge is 2.52. The largest absolute Gasteiger partial charge is 0.398 e. The highest BCUT2D eigenvalue weighted by molar-refractivity contribution is 6.99. The molecule has 0 aliphatic heterocycles. The molecule has 0 saturated heterocycles. The molecule has 1 N–H and O–H groups in total. The zero-order chi connectivity index (χ0) is 20.5. The Labute approximate surface area is 175 Å². The molecule has 3 aromatic rings. The first-order valence-corrected chi connectivity index (χ1v) is 12.4. The Kier molecular flexibility index (Phi) is 5.47. The van der Waals surface area contributed by atoms with E-state index in [1.807, 2.05) is 0 Å². The molecule has 0 radical (unpaired) electrons. The van der Waals surface area contributed by atoms with Crippen LogP contribution in [0.25, 0.3) is 0 Å². The monoisotopic (exact) mass is 402 g/mol. The SMILES string of the molecule is CC(C)(C)[Si](O[C@@H]1c2ccccc2CC[C@H]1O)(c1ccccc1)c1ccccc1. The molecule has 3 aromatic carbocycles. The quantitative estimate of drug-likeness (QED) is 0.646. The second kappa shape index (κ2) is 7.90. The van der Waals surface area contributed by atoms with Crippen LogP contribution < -0.4 is 10.4 Å². The first-order chi connectivity index (χ1) is 13.9. The predicted octanol–water partition coefficient (Wildman–Crippen LogP) is 4.61. The Bertz CT molecular complexity index is 908. The van der Waals surface area contributed by atoms with Gasteiger partial charge in [0.2, 0.25) is 0 Å². The van der Waals surface area contributed by atoms with Crippen molar-refractivity contribution in [3.63, 3.8) is 0 Å². The molecule has 0 unspecified atom stereocenters. The third-order valence-electron chi connectivity index (χ3n) is 6.14. The molecule has 0 spiro atoms. The first-order valence-electron chi connectivity index (χ1n) is 10.5. The highest BCUT2D eigenvalue weighted by Crippen LogP contribution is 2.43. The molecule has 29 heavy (non-hydrogen) atoms. The maximum Gasteiger partial charge on any atom is 0.262 e. The average Bonchev–Trinajstić information content (AvgIpc) is 2.73. The maximum atomic E-state index is 11.0. The summed E-state index contributed by atoms with van der Waals surface area (Å²) in [6.07, 6.45) is 0.829. The fourth-order valence-corrected chi connectivity index (χ4v) is 9.40. The highest BCUT2D eigenvalue weighted by atomic mass is 28.4. The minimum atomic E-state index is -2.71. The van der Waals surface area contributed by atoms with Crippen molar-refractivity contribution in [2.45, 2.75) is 50.9 Å². The van der Waals surface area contributed by atoms with Gasteiger partial charge in [0, 0.05) is 0 Å². The average molecular weight is 403 g/mol. The van der Waals surface area contributed by atoms with Gasteiger partial charge >= 0.3 is 0 Å². The van der Waals surface area contributed by atoms with Crippen molar-refractivity contribution in [2.75, 3.05) is 0 Å². The van der Waals surface area contributed by atoms with Crippen LogP contribution >= 0.6 is 0 Å².